The summed E-state index contributed by atoms with van der Waals surface area (Å²) >= 11 is 1.52. The van der Waals surface area contributed by atoms with Gasteiger partial charge in [-0.25, -0.2) is 0 Å². The molecule has 1 radical (unpaired) electrons. The molecule has 1 nitrogen and oxygen atoms in total. The van der Waals surface area contributed by atoms with E-state index in [0.717, 1.165) is 28.5 Å². The first-order valence-corrected chi connectivity index (χ1v) is 5.26. The second-order valence-electron chi connectivity index (χ2n) is 3.00. The van der Waals surface area contributed by atoms with Crippen molar-refractivity contribution in [3.63, 3.8) is 0 Å². The molecule has 5 heteroatoms. The molecule has 1 aromatic carbocycles. The Hall–Kier alpha value is -0.970. The molecule has 2 rings (SSSR count). The first-order chi connectivity index (χ1) is 7.07. The van der Waals surface area contributed by atoms with E-state index in [0.29, 0.717) is 0 Å². The predicted octanol–water partition coefficient (Wildman–Crippen LogP) is 3.36. The summed E-state index contributed by atoms with van der Waals surface area (Å²) in [6, 6.07) is 5.06. The number of alkyl halides is 3. The zero-order chi connectivity index (χ0) is 10.9. The Labute approximate surface area is 89.4 Å². The topological polar surface area (TPSA) is 12.4 Å². The molecule has 0 amide bonds. The highest BCUT2D eigenvalue weighted by Gasteiger charge is 2.30. The summed E-state index contributed by atoms with van der Waals surface area (Å²) in [6.07, 6.45) is -4.27. The standard InChI is InChI=1S/C10H7F3NS/c11-10(12,13)8-3-1-7(2-4-8)9-14-5-6-15-9/h1-5H,6H2. The van der Waals surface area contributed by atoms with E-state index < -0.39 is 11.7 Å². The summed E-state index contributed by atoms with van der Waals surface area (Å²) < 4.78 is 36.8. The van der Waals surface area contributed by atoms with Crippen molar-refractivity contribution < 1.29 is 13.2 Å². The minimum atomic E-state index is -4.27. The Kier molecular flexibility index (Phi) is 2.73. The number of rotatable bonds is 1. The lowest BCUT2D eigenvalue weighted by Gasteiger charge is -2.07. The molecular weight excluding hydrogens is 223 g/mol. The van der Waals surface area contributed by atoms with Gasteiger partial charge in [-0.1, -0.05) is 12.1 Å². The Bertz CT molecular complexity index is 381. The fraction of sp³-hybridized carbons (Fsp3) is 0.200. The maximum absolute atomic E-state index is 12.3. The Morgan fingerprint density at radius 1 is 1.13 bits per heavy atom. The largest absolute Gasteiger partial charge is 0.416 e. The molecule has 1 aliphatic rings. The van der Waals surface area contributed by atoms with Gasteiger partial charge in [0.15, 0.2) is 0 Å². The van der Waals surface area contributed by atoms with E-state index in [1.165, 1.54) is 23.9 Å². The lowest BCUT2D eigenvalue weighted by atomic mass is 10.1. The van der Waals surface area contributed by atoms with Crippen molar-refractivity contribution in [2.45, 2.75) is 6.18 Å². The lowest BCUT2D eigenvalue weighted by Crippen LogP contribution is -2.05. The molecule has 15 heavy (non-hydrogen) atoms. The van der Waals surface area contributed by atoms with Crippen LogP contribution in [0.1, 0.15) is 11.1 Å². The average Bonchev–Trinajstić information content (AvgIpc) is 2.69. The van der Waals surface area contributed by atoms with Crippen LogP contribution >= 0.6 is 11.8 Å². The highest BCUT2D eigenvalue weighted by Crippen LogP contribution is 2.30. The van der Waals surface area contributed by atoms with Crippen LogP contribution in [0, 0.1) is 6.54 Å². The van der Waals surface area contributed by atoms with Crippen molar-refractivity contribution in [3.05, 3.63) is 41.9 Å². The summed E-state index contributed by atoms with van der Waals surface area (Å²) in [7, 11) is 0. The number of aliphatic imine (C=N–C) groups is 1. The van der Waals surface area contributed by atoms with Crippen molar-refractivity contribution in [1.82, 2.24) is 0 Å². The van der Waals surface area contributed by atoms with E-state index in [1.807, 2.05) is 0 Å². The molecule has 1 aliphatic heterocycles. The molecule has 1 heterocycles. The van der Waals surface area contributed by atoms with E-state index >= 15 is 0 Å². The molecule has 0 aliphatic carbocycles. The molecule has 1 aromatic rings. The van der Waals surface area contributed by atoms with E-state index in [2.05, 4.69) is 4.99 Å². The molecule has 0 spiro atoms. The van der Waals surface area contributed by atoms with Crippen molar-refractivity contribution in [2.24, 2.45) is 4.99 Å². The van der Waals surface area contributed by atoms with Gasteiger partial charge in [0.25, 0.3) is 0 Å². The van der Waals surface area contributed by atoms with Crippen molar-refractivity contribution in [2.75, 3.05) is 5.75 Å². The van der Waals surface area contributed by atoms with Gasteiger partial charge in [-0.3, -0.25) is 4.99 Å². The molecular formula is C10H7F3NS. The second kappa shape index (κ2) is 3.89. The highest BCUT2D eigenvalue weighted by molar-refractivity contribution is 8.14. The van der Waals surface area contributed by atoms with Crippen LogP contribution in [0.3, 0.4) is 0 Å². The molecule has 0 aromatic heterocycles. The quantitative estimate of drug-likeness (QED) is 0.720. The van der Waals surface area contributed by atoms with Gasteiger partial charge >= 0.3 is 6.18 Å². The molecule has 0 unspecified atom stereocenters. The smallest absolute Gasteiger partial charge is 0.271 e. The fourth-order valence-electron chi connectivity index (χ4n) is 1.23. The molecule has 0 atom stereocenters. The summed E-state index contributed by atoms with van der Waals surface area (Å²) in [5.74, 6) is 0.788. The van der Waals surface area contributed by atoms with Gasteiger partial charge in [-0.15, -0.1) is 11.8 Å². The van der Waals surface area contributed by atoms with Crippen LogP contribution in [-0.2, 0) is 6.18 Å². The van der Waals surface area contributed by atoms with Crippen molar-refractivity contribution >= 4 is 16.8 Å². The zero-order valence-electron chi connectivity index (χ0n) is 7.58. The molecule has 79 valence electrons. The number of benzene rings is 1. The third-order valence-corrected chi connectivity index (χ3v) is 2.89. The van der Waals surface area contributed by atoms with E-state index in [9.17, 15) is 13.2 Å². The average molecular weight is 230 g/mol. The SMILES string of the molecule is FC(F)(F)c1ccc(C2=N[CH]CS2)cc1. The molecule has 0 N–H and O–H groups in total. The van der Waals surface area contributed by atoms with Crippen LogP contribution in [0.25, 0.3) is 0 Å². The molecule has 0 fully saturated rings. The minimum Gasteiger partial charge on any atom is -0.271 e. The number of hydrogen-bond acceptors (Lipinski definition) is 2. The molecule has 0 saturated heterocycles. The normalized spacial score (nSPS) is 16.6. The Morgan fingerprint density at radius 3 is 2.27 bits per heavy atom. The minimum absolute atomic E-state index is 0.626. The van der Waals surface area contributed by atoms with E-state index in [-0.39, 0.29) is 0 Å². The lowest BCUT2D eigenvalue weighted by molar-refractivity contribution is -0.137. The monoisotopic (exact) mass is 230 g/mol. The van der Waals surface area contributed by atoms with Gasteiger partial charge in [0.05, 0.1) is 17.2 Å². The van der Waals surface area contributed by atoms with E-state index in [1.54, 1.807) is 6.54 Å². The summed E-state index contributed by atoms with van der Waals surface area (Å²) in [6.45, 7) is 1.75. The van der Waals surface area contributed by atoms with Crippen molar-refractivity contribution in [1.29, 1.82) is 0 Å². The number of halogens is 3. The van der Waals surface area contributed by atoms with Crippen LogP contribution < -0.4 is 0 Å². The number of nitrogens with zero attached hydrogens (tertiary/aromatic N) is 1. The van der Waals surface area contributed by atoms with Crippen LogP contribution in [0.5, 0.6) is 0 Å². The Morgan fingerprint density at radius 2 is 1.80 bits per heavy atom. The van der Waals surface area contributed by atoms with Gasteiger partial charge in [0.2, 0.25) is 0 Å². The van der Waals surface area contributed by atoms with E-state index in [4.69, 9.17) is 0 Å². The maximum Gasteiger partial charge on any atom is 0.416 e. The molecule has 0 saturated carbocycles. The second-order valence-corrected chi connectivity index (χ2v) is 4.01. The number of hydrogen-bond donors (Lipinski definition) is 0. The zero-order valence-corrected chi connectivity index (χ0v) is 8.40. The summed E-state index contributed by atoms with van der Waals surface area (Å²) in [5, 5.41) is 0.781. The van der Waals surface area contributed by atoms with Gasteiger partial charge in [-0.05, 0) is 12.1 Å². The van der Waals surface area contributed by atoms with Crippen LogP contribution in [0.15, 0.2) is 29.3 Å². The Balaban J connectivity index is 2.24. The van der Waals surface area contributed by atoms with Gasteiger partial charge < -0.3 is 0 Å². The highest BCUT2D eigenvalue weighted by atomic mass is 32.2. The van der Waals surface area contributed by atoms with Gasteiger partial charge in [-0.2, -0.15) is 13.2 Å². The third kappa shape index (κ3) is 2.34. The summed E-state index contributed by atoms with van der Waals surface area (Å²) in [4.78, 5) is 4.07. The fourth-order valence-corrected chi connectivity index (χ4v) is 1.99. The first-order valence-electron chi connectivity index (χ1n) is 4.27. The first kappa shape index (κ1) is 10.5. The summed E-state index contributed by atoms with van der Waals surface area (Å²) in [5.41, 5.74) is 0.112. The van der Waals surface area contributed by atoms with Crippen LogP contribution in [-0.4, -0.2) is 10.8 Å². The maximum atomic E-state index is 12.3. The van der Waals surface area contributed by atoms with Crippen LogP contribution in [0.4, 0.5) is 13.2 Å². The van der Waals surface area contributed by atoms with Gasteiger partial charge in [0, 0.05) is 11.3 Å². The predicted molar refractivity (Wildman–Crippen MR) is 54.7 cm³/mol. The van der Waals surface area contributed by atoms with Crippen molar-refractivity contribution in [3.8, 4) is 0 Å². The third-order valence-electron chi connectivity index (χ3n) is 1.96. The van der Waals surface area contributed by atoms with Crippen LogP contribution in [0.2, 0.25) is 0 Å². The molecule has 0 bridgehead atoms. The number of thioether (sulfide) groups is 1. The van der Waals surface area contributed by atoms with Gasteiger partial charge in [0.1, 0.15) is 0 Å².